The summed E-state index contributed by atoms with van der Waals surface area (Å²) in [6.07, 6.45) is 6.89. The SMILES string of the molecule is O=C(NC12CCC(CC1)CC2)c1c(Cl)c(-c2ccccc2)nc2ccc(I)cc12. The summed E-state index contributed by atoms with van der Waals surface area (Å²) >= 11 is 9.13. The first kappa shape index (κ1) is 19.3. The second kappa shape index (κ2) is 7.55. The maximum Gasteiger partial charge on any atom is 0.253 e. The molecular formula is C24H22ClIN2O. The lowest BCUT2D eigenvalue weighted by Gasteiger charge is -2.47. The lowest BCUT2D eigenvalue weighted by Crippen LogP contribution is -2.53. The summed E-state index contributed by atoms with van der Waals surface area (Å²) in [7, 11) is 0. The Balaban J connectivity index is 1.64. The highest BCUT2D eigenvalue weighted by atomic mass is 127. The molecule has 3 aromatic rings. The molecule has 29 heavy (non-hydrogen) atoms. The average molecular weight is 517 g/mol. The Morgan fingerprint density at radius 3 is 2.45 bits per heavy atom. The molecule has 0 unspecified atom stereocenters. The van der Waals surface area contributed by atoms with Gasteiger partial charge in [0.25, 0.3) is 5.91 Å². The third-order valence-electron chi connectivity index (χ3n) is 6.63. The van der Waals surface area contributed by atoms with Crippen molar-refractivity contribution in [2.24, 2.45) is 5.92 Å². The number of fused-ring (bicyclic) bond motifs is 4. The number of pyridine rings is 1. The summed E-state index contributed by atoms with van der Waals surface area (Å²) < 4.78 is 1.06. The van der Waals surface area contributed by atoms with Crippen LogP contribution in [0.1, 0.15) is 48.9 Å². The topological polar surface area (TPSA) is 42.0 Å². The number of amides is 1. The van der Waals surface area contributed by atoms with Crippen molar-refractivity contribution in [2.75, 3.05) is 0 Å². The van der Waals surface area contributed by atoms with Crippen molar-refractivity contribution >= 4 is 51.0 Å². The van der Waals surface area contributed by atoms with Crippen LogP contribution in [0.5, 0.6) is 0 Å². The van der Waals surface area contributed by atoms with Crippen LogP contribution < -0.4 is 5.32 Å². The van der Waals surface area contributed by atoms with Crippen LogP contribution >= 0.6 is 34.2 Å². The fourth-order valence-electron chi connectivity index (χ4n) is 4.96. The fourth-order valence-corrected chi connectivity index (χ4v) is 5.79. The first-order valence-corrected chi connectivity index (χ1v) is 11.7. The van der Waals surface area contributed by atoms with Gasteiger partial charge in [-0.25, -0.2) is 4.98 Å². The molecule has 1 heterocycles. The Bertz CT molecular complexity index is 1080. The van der Waals surface area contributed by atoms with Crippen molar-refractivity contribution in [3.63, 3.8) is 0 Å². The van der Waals surface area contributed by atoms with E-state index in [0.717, 1.165) is 45.2 Å². The highest BCUT2D eigenvalue weighted by Gasteiger charge is 2.41. The number of nitrogens with zero attached hydrogens (tertiary/aromatic N) is 1. The number of hydrogen-bond donors (Lipinski definition) is 1. The van der Waals surface area contributed by atoms with E-state index < -0.39 is 0 Å². The molecule has 148 valence electrons. The molecular weight excluding hydrogens is 495 g/mol. The van der Waals surface area contributed by atoms with Crippen molar-refractivity contribution in [3.8, 4) is 11.3 Å². The highest BCUT2D eigenvalue weighted by Crippen LogP contribution is 2.44. The number of carbonyl (C=O) groups is 1. The Morgan fingerprint density at radius 1 is 1.07 bits per heavy atom. The second-order valence-electron chi connectivity index (χ2n) is 8.39. The number of rotatable bonds is 3. The monoisotopic (exact) mass is 516 g/mol. The van der Waals surface area contributed by atoms with E-state index in [9.17, 15) is 4.79 Å². The molecule has 1 N–H and O–H groups in total. The summed E-state index contributed by atoms with van der Waals surface area (Å²) in [5, 5.41) is 4.67. The van der Waals surface area contributed by atoms with Crippen molar-refractivity contribution < 1.29 is 4.79 Å². The van der Waals surface area contributed by atoms with Crippen LogP contribution in [0, 0.1) is 9.49 Å². The molecule has 3 aliphatic rings. The molecule has 0 aliphatic heterocycles. The minimum atomic E-state index is -0.0698. The van der Waals surface area contributed by atoms with Crippen LogP contribution in [0.3, 0.4) is 0 Å². The molecule has 0 saturated heterocycles. The second-order valence-corrected chi connectivity index (χ2v) is 10.0. The first-order valence-electron chi connectivity index (χ1n) is 10.2. The standard InChI is InChI=1S/C24H22ClIN2O/c25-21-20(23(29)28-24-11-8-15(9-12-24)10-13-24)18-14-17(26)6-7-19(18)27-22(21)16-4-2-1-3-5-16/h1-7,14-15H,8-13H2,(H,28,29). The number of aromatic nitrogens is 1. The van der Waals surface area contributed by atoms with E-state index in [4.69, 9.17) is 16.6 Å². The maximum atomic E-state index is 13.6. The van der Waals surface area contributed by atoms with E-state index in [0.29, 0.717) is 16.3 Å². The Hall–Kier alpha value is -1.66. The third kappa shape index (κ3) is 3.55. The molecule has 0 radical (unpaired) electrons. The van der Waals surface area contributed by atoms with Crippen molar-refractivity contribution in [2.45, 2.75) is 44.1 Å². The molecule has 5 heteroatoms. The zero-order valence-corrected chi connectivity index (χ0v) is 19.0. The van der Waals surface area contributed by atoms with Crippen molar-refractivity contribution in [3.05, 3.63) is 62.7 Å². The fraction of sp³-hybridized carbons (Fsp3) is 0.333. The minimum absolute atomic E-state index is 0.0677. The molecule has 2 bridgehead atoms. The summed E-state index contributed by atoms with van der Waals surface area (Å²) in [6.45, 7) is 0. The van der Waals surface area contributed by atoms with Crippen LogP contribution in [0.25, 0.3) is 22.2 Å². The van der Waals surface area contributed by atoms with Crippen LogP contribution in [0.15, 0.2) is 48.5 Å². The van der Waals surface area contributed by atoms with Gasteiger partial charge in [-0.05, 0) is 85.2 Å². The first-order chi connectivity index (χ1) is 14.0. The number of benzene rings is 2. The molecule has 0 atom stereocenters. The molecule has 3 aliphatic carbocycles. The van der Waals surface area contributed by atoms with Crippen molar-refractivity contribution in [1.82, 2.24) is 10.3 Å². The predicted molar refractivity (Wildman–Crippen MR) is 126 cm³/mol. The van der Waals surface area contributed by atoms with Gasteiger partial charge in [0.15, 0.2) is 0 Å². The van der Waals surface area contributed by atoms with E-state index in [1.165, 1.54) is 19.3 Å². The number of carbonyl (C=O) groups excluding carboxylic acids is 1. The summed E-state index contributed by atoms with van der Waals surface area (Å²) in [6, 6.07) is 15.9. The summed E-state index contributed by atoms with van der Waals surface area (Å²) in [5.41, 5.74) is 2.86. The van der Waals surface area contributed by atoms with E-state index in [1.807, 2.05) is 48.5 Å². The molecule has 3 nitrogen and oxygen atoms in total. The Kier molecular flexibility index (Phi) is 5.03. The molecule has 3 saturated carbocycles. The summed E-state index contributed by atoms with van der Waals surface area (Å²) in [5.74, 6) is 0.785. The van der Waals surface area contributed by atoms with Gasteiger partial charge in [-0.15, -0.1) is 0 Å². The van der Waals surface area contributed by atoms with E-state index in [-0.39, 0.29) is 11.4 Å². The van der Waals surface area contributed by atoms with E-state index in [2.05, 4.69) is 27.9 Å². The predicted octanol–water partition coefficient (Wildman–Crippen LogP) is 6.61. The van der Waals surface area contributed by atoms with Crippen LogP contribution in [0.2, 0.25) is 5.02 Å². The minimum Gasteiger partial charge on any atom is -0.347 e. The van der Waals surface area contributed by atoms with Gasteiger partial charge in [-0.1, -0.05) is 41.9 Å². The van der Waals surface area contributed by atoms with Gasteiger partial charge in [-0.3, -0.25) is 4.79 Å². The maximum absolute atomic E-state index is 13.6. The van der Waals surface area contributed by atoms with Gasteiger partial charge in [0.2, 0.25) is 0 Å². The van der Waals surface area contributed by atoms with Gasteiger partial charge in [-0.2, -0.15) is 0 Å². The molecule has 1 aromatic heterocycles. The Labute approximate surface area is 189 Å². The van der Waals surface area contributed by atoms with Crippen molar-refractivity contribution in [1.29, 1.82) is 0 Å². The van der Waals surface area contributed by atoms with Crippen LogP contribution in [-0.4, -0.2) is 16.4 Å². The highest BCUT2D eigenvalue weighted by molar-refractivity contribution is 14.1. The van der Waals surface area contributed by atoms with E-state index >= 15 is 0 Å². The molecule has 0 spiro atoms. The quantitative estimate of drug-likeness (QED) is 0.398. The van der Waals surface area contributed by atoms with Gasteiger partial charge in [0, 0.05) is 20.1 Å². The lowest BCUT2D eigenvalue weighted by atomic mass is 9.66. The normalized spacial score (nSPS) is 23.3. The number of halogens is 2. The largest absolute Gasteiger partial charge is 0.347 e. The van der Waals surface area contributed by atoms with Gasteiger partial charge >= 0.3 is 0 Å². The van der Waals surface area contributed by atoms with Gasteiger partial charge in [0.05, 0.1) is 21.8 Å². The Morgan fingerprint density at radius 2 is 1.76 bits per heavy atom. The van der Waals surface area contributed by atoms with E-state index in [1.54, 1.807) is 0 Å². The van der Waals surface area contributed by atoms with Crippen LogP contribution in [0.4, 0.5) is 0 Å². The summed E-state index contributed by atoms with van der Waals surface area (Å²) in [4.78, 5) is 18.4. The zero-order chi connectivity index (χ0) is 20.0. The number of nitrogens with one attached hydrogen (secondary N) is 1. The molecule has 6 rings (SSSR count). The van der Waals surface area contributed by atoms with Gasteiger partial charge < -0.3 is 5.32 Å². The molecule has 3 fully saturated rings. The third-order valence-corrected chi connectivity index (χ3v) is 7.67. The smallest absolute Gasteiger partial charge is 0.253 e. The number of hydrogen-bond acceptors (Lipinski definition) is 2. The van der Waals surface area contributed by atoms with Gasteiger partial charge in [0.1, 0.15) is 0 Å². The molecule has 2 aromatic carbocycles. The van der Waals surface area contributed by atoms with Crippen LogP contribution in [-0.2, 0) is 0 Å². The zero-order valence-electron chi connectivity index (χ0n) is 16.1. The average Bonchev–Trinajstić information content (AvgIpc) is 2.75. The lowest BCUT2D eigenvalue weighted by molar-refractivity contribution is 0.0715. The molecule has 1 amide bonds.